The molecule has 0 spiro atoms. The third-order valence-corrected chi connectivity index (χ3v) is 16.7. The molecule has 72 heavy (non-hydrogen) atoms. The Kier molecular flexibility index (Phi) is 17.9. The van der Waals surface area contributed by atoms with Crippen LogP contribution in [0.25, 0.3) is 0 Å². The molecule has 2 N–H and O–H groups in total. The highest BCUT2D eigenvalue weighted by molar-refractivity contribution is 5.88. The van der Waals surface area contributed by atoms with Gasteiger partial charge in [-0.1, -0.05) is 45.4 Å². The first-order valence-corrected chi connectivity index (χ1v) is 25.2. The van der Waals surface area contributed by atoms with Gasteiger partial charge in [0.05, 0.1) is 12.2 Å². The Morgan fingerprint density at radius 3 is 1.89 bits per heavy atom. The number of carbonyl (C=O) groups is 7. The predicted octanol–water partition coefficient (Wildman–Crippen LogP) is 6.00. The largest absolute Gasteiger partial charge is 0.478 e. The number of carboxylic acids is 1. The molecule has 0 aromatic carbocycles. The lowest BCUT2D eigenvalue weighted by atomic mass is 9.36. The van der Waals surface area contributed by atoms with E-state index in [-0.39, 0.29) is 53.8 Å². The molecule has 0 aromatic rings. The van der Waals surface area contributed by atoms with E-state index in [1.807, 2.05) is 19.9 Å². The number of ether oxygens (including phenoxy) is 10. The number of esters is 6. The molecular formula is C53H76O19. The van der Waals surface area contributed by atoms with Crippen molar-refractivity contribution in [3.8, 4) is 0 Å². The number of hydrogen-bond donors (Lipinski definition) is 2. The molecule has 18 atom stereocenters. The molecule has 19 nitrogen and oxygen atoms in total. The highest BCUT2D eigenvalue weighted by Gasteiger charge is 2.71. The van der Waals surface area contributed by atoms with Gasteiger partial charge in [-0.25, -0.2) is 4.79 Å². The maximum Gasteiger partial charge on any atom is 0.331 e. The van der Waals surface area contributed by atoms with Gasteiger partial charge in [-0.3, -0.25) is 28.8 Å². The zero-order valence-corrected chi connectivity index (χ0v) is 43.8. The normalized spacial score (nSPS) is 39.7. The fourth-order valence-corrected chi connectivity index (χ4v) is 13.8. The number of carboxylic acid groups (broad SMARTS) is 1. The number of allylic oxidation sites excluding steroid dienone is 2. The van der Waals surface area contributed by atoms with Crippen LogP contribution in [-0.4, -0.2) is 133 Å². The lowest BCUT2D eigenvalue weighted by Crippen LogP contribution is -2.65. The van der Waals surface area contributed by atoms with E-state index in [0.29, 0.717) is 37.7 Å². The molecule has 4 saturated carbocycles. The molecule has 2 heterocycles. The summed E-state index contributed by atoms with van der Waals surface area (Å²) in [6.45, 7) is 19.2. The fourth-order valence-electron chi connectivity index (χ4n) is 13.8. The maximum absolute atomic E-state index is 13.0. The highest BCUT2D eigenvalue weighted by Crippen LogP contribution is 2.74. The molecule has 19 heteroatoms. The lowest BCUT2D eigenvalue weighted by Gasteiger charge is -2.69. The molecule has 6 aliphatic rings. The summed E-state index contributed by atoms with van der Waals surface area (Å²) in [5.74, 6) is -5.52. The summed E-state index contributed by atoms with van der Waals surface area (Å²) in [6, 6.07) is 0. The quantitative estimate of drug-likeness (QED) is 0.0778. The van der Waals surface area contributed by atoms with Crippen LogP contribution in [0, 0.1) is 39.9 Å². The number of fused-ring (bicyclic) bond motifs is 5. The lowest BCUT2D eigenvalue weighted by molar-refractivity contribution is -0.325. The van der Waals surface area contributed by atoms with Crippen LogP contribution in [0.4, 0.5) is 0 Å². The maximum atomic E-state index is 13.0. The smallest absolute Gasteiger partial charge is 0.331 e. The van der Waals surface area contributed by atoms with Crippen molar-refractivity contribution in [2.45, 2.75) is 202 Å². The van der Waals surface area contributed by atoms with Crippen molar-refractivity contribution in [1.82, 2.24) is 0 Å². The molecule has 1 saturated heterocycles. The van der Waals surface area contributed by atoms with Crippen LogP contribution in [0.2, 0.25) is 0 Å². The predicted molar refractivity (Wildman–Crippen MR) is 253 cm³/mol. The van der Waals surface area contributed by atoms with Gasteiger partial charge in [0, 0.05) is 47.1 Å². The summed E-state index contributed by atoms with van der Waals surface area (Å²) in [7, 11) is 0. The summed E-state index contributed by atoms with van der Waals surface area (Å²) in [5, 5.41) is 23.1. The number of aliphatic carboxylic acids is 1. The summed E-state index contributed by atoms with van der Waals surface area (Å²) in [4.78, 5) is 86.9. The van der Waals surface area contributed by atoms with Crippen molar-refractivity contribution in [2.75, 3.05) is 13.2 Å². The SMILES string of the molecule is CC(=O)OC[C@H]1O[C@@H](O[C@H]2C=CC(O[C@@H]3CC[C@]4(C)C5C(O)C[C@H]6/C(=C(/CCC=C(C)C)C(=O)O)[C@@H](OC(C)=O)C[C@]6(C)[C@@]5(C)CC[C@H]4[C@@H]3C)O[C@@H]2COC(C)=O)[C@H](OC(C)=O)[C@@H](OC(C)=O)[C@H]1OC(C)=O. The Balaban J connectivity index is 1.24. The van der Waals surface area contributed by atoms with Crippen molar-refractivity contribution in [3.63, 3.8) is 0 Å². The highest BCUT2D eigenvalue weighted by atomic mass is 16.8. The van der Waals surface area contributed by atoms with E-state index in [0.717, 1.165) is 39.2 Å². The number of rotatable bonds is 16. The second-order valence-corrected chi connectivity index (χ2v) is 21.7. The Morgan fingerprint density at radius 1 is 0.708 bits per heavy atom. The Morgan fingerprint density at radius 2 is 1.31 bits per heavy atom. The molecule has 5 fully saturated rings. The van der Waals surface area contributed by atoms with E-state index in [2.05, 4.69) is 27.7 Å². The van der Waals surface area contributed by atoms with Gasteiger partial charge in [-0.05, 0) is 117 Å². The van der Waals surface area contributed by atoms with Crippen LogP contribution in [0.1, 0.15) is 134 Å². The standard InChI is InChI=1S/C53H76O19/c1-26(2)14-13-15-34(49(61)62)44-36-22-37(60)48-51(10)20-19-38(27(3)35(51)18-21-52(48,11)53(36,12)23-40(44)65-30(6)56)69-43-17-16-39(41(70-43)24-63-28(4)54)71-50-47(68-33(9)59)46(67-32(8)58)45(66-31(7)57)42(72-50)25-64-29(5)55/h14,16-17,27,35-43,45-48,50,60H,13,15,18-25H2,1-12H3,(H,61,62)/b44-34+/t27-,35-,36-,37?,38+,39-,40-,41+,42+,43?,45-,46-,47+,48?,50+,51-,52-,53-/m0/s1. The first kappa shape index (κ1) is 56.6. The van der Waals surface area contributed by atoms with Gasteiger partial charge in [0.2, 0.25) is 0 Å². The first-order chi connectivity index (χ1) is 33.7. The minimum atomic E-state index is -1.53. The monoisotopic (exact) mass is 1020 g/mol. The zero-order valence-electron chi connectivity index (χ0n) is 43.8. The van der Waals surface area contributed by atoms with Crippen LogP contribution in [-0.2, 0) is 80.9 Å². The van der Waals surface area contributed by atoms with Gasteiger partial charge in [0.15, 0.2) is 30.9 Å². The van der Waals surface area contributed by atoms with E-state index in [4.69, 9.17) is 47.4 Å². The van der Waals surface area contributed by atoms with Crippen LogP contribution < -0.4 is 0 Å². The number of carbonyl (C=O) groups excluding carboxylic acids is 6. The summed E-state index contributed by atoms with van der Waals surface area (Å²) in [6.07, 6.45) is -2.11. The Hall–Kier alpha value is -4.69. The second-order valence-electron chi connectivity index (χ2n) is 21.7. The number of hydrogen-bond acceptors (Lipinski definition) is 18. The van der Waals surface area contributed by atoms with E-state index < -0.39 is 121 Å². The van der Waals surface area contributed by atoms with Gasteiger partial charge in [-0.15, -0.1) is 0 Å². The molecular weight excluding hydrogens is 941 g/mol. The minimum absolute atomic E-state index is 0.0110. The third kappa shape index (κ3) is 12.0. The van der Waals surface area contributed by atoms with Gasteiger partial charge in [0.25, 0.3) is 0 Å². The zero-order chi connectivity index (χ0) is 53.2. The molecule has 0 aromatic heterocycles. The van der Waals surface area contributed by atoms with Gasteiger partial charge < -0.3 is 57.6 Å². The van der Waals surface area contributed by atoms with Crippen molar-refractivity contribution < 1.29 is 91.1 Å². The van der Waals surface area contributed by atoms with Crippen molar-refractivity contribution in [2.24, 2.45) is 39.9 Å². The van der Waals surface area contributed by atoms with Crippen LogP contribution >= 0.6 is 0 Å². The summed E-state index contributed by atoms with van der Waals surface area (Å²) in [5.41, 5.74) is 0.713. The molecule has 0 amide bonds. The number of aliphatic hydroxyl groups is 1. The van der Waals surface area contributed by atoms with Gasteiger partial charge in [0.1, 0.15) is 37.6 Å². The summed E-state index contributed by atoms with van der Waals surface area (Å²) >= 11 is 0. The van der Waals surface area contributed by atoms with Crippen LogP contribution in [0.3, 0.4) is 0 Å². The van der Waals surface area contributed by atoms with Crippen molar-refractivity contribution in [3.05, 3.63) is 34.9 Å². The molecule has 3 unspecified atom stereocenters. The molecule has 0 bridgehead atoms. The Labute approximate surface area is 421 Å². The topological polar surface area (TPSA) is 252 Å². The van der Waals surface area contributed by atoms with Crippen molar-refractivity contribution >= 4 is 41.8 Å². The van der Waals surface area contributed by atoms with Crippen molar-refractivity contribution in [1.29, 1.82) is 0 Å². The summed E-state index contributed by atoms with van der Waals surface area (Å²) < 4.78 is 59.1. The van der Waals surface area contributed by atoms with E-state index in [1.165, 1.54) is 20.8 Å². The fraction of sp³-hybridized carbons (Fsp3) is 0.755. The van der Waals surface area contributed by atoms with E-state index in [1.54, 1.807) is 12.2 Å². The molecule has 402 valence electrons. The average molecular weight is 1020 g/mol. The van der Waals surface area contributed by atoms with Gasteiger partial charge in [-0.2, -0.15) is 0 Å². The minimum Gasteiger partial charge on any atom is -0.478 e. The molecule has 0 radical (unpaired) electrons. The van der Waals surface area contributed by atoms with Crippen LogP contribution in [0.5, 0.6) is 0 Å². The first-order valence-electron chi connectivity index (χ1n) is 25.2. The molecule has 6 rings (SSSR count). The van der Waals surface area contributed by atoms with Crippen LogP contribution in [0.15, 0.2) is 34.9 Å². The number of aliphatic hydroxyl groups excluding tert-OH is 1. The second kappa shape index (κ2) is 22.8. The average Bonchev–Trinajstić information content (AvgIpc) is 3.54. The molecule has 4 aliphatic carbocycles. The third-order valence-electron chi connectivity index (χ3n) is 16.7. The van der Waals surface area contributed by atoms with E-state index in [9.17, 15) is 43.8 Å². The Bertz CT molecular complexity index is 2160. The molecule has 2 aliphatic heterocycles. The van der Waals surface area contributed by atoms with E-state index >= 15 is 0 Å². The van der Waals surface area contributed by atoms with Gasteiger partial charge >= 0.3 is 41.8 Å².